The van der Waals surface area contributed by atoms with E-state index in [4.69, 9.17) is 9.52 Å². The number of furan rings is 1. The number of hydrogen-bond donors (Lipinski definition) is 1. The first-order valence-electron chi connectivity index (χ1n) is 8.39. The maximum Gasteiger partial charge on any atom is 0.454 e. The number of halogens is 6. The number of aromatic nitrogens is 2. The molecule has 0 aliphatic rings. The molecule has 0 fully saturated rings. The summed E-state index contributed by atoms with van der Waals surface area (Å²) in [5.41, 5.74) is 2.55. The zero-order chi connectivity index (χ0) is 22.8. The van der Waals surface area contributed by atoms with E-state index in [0.717, 1.165) is 27.6 Å². The van der Waals surface area contributed by atoms with Crippen LogP contribution in [0, 0.1) is 6.07 Å². The van der Waals surface area contributed by atoms with Gasteiger partial charge in [0.1, 0.15) is 5.58 Å². The summed E-state index contributed by atoms with van der Waals surface area (Å²) >= 11 is 0. The van der Waals surface area contributed by atoms with Crippen molar-refractivity contribution >= 4 is 27.7 Å². The van der Waals surface area contributed by atoms with E-state index in [0.29, 0.717) is 0 Å². The SMILES string of the molecule is O=C(/C=C(\O)C(F)(F)F)C(F)(F)F.[Ir].[c-]1ccc2c(oc3ccccc32)c1-n1cccn1. The Morgan fingerprint density at radius 1 is 1.03 bits per heavy atom. The number of ketones is 1. The molecule has 0 saturated heterocycles. The van der Waals surface area contributed by atoms with E-state index in [2.05, 4.69) is 17.2 Å². The Morgan fingerprint density at radius 2 is 1.72 bits per heavy atom. The molecule has 32 heavy (non-hydrogen) atoms. The molecule has 0 aliphatic carbocycles. The van der Waals surface area contributed by atoms with Crippen LogP contribution in [0.4, 0.5) is 26.3 Å². The van der Waals surface area contributed by atoms with Crippen LogP contribution in [0.5, 0.6) is 0 Å². The maximum absolute atomic E-state index is 11.4. The van der Waals surface area contributed by atoms with Crippen LogP contribution in [0.1, 0.15) is 0 Å². The first-order chi connectivity index (χ1) is 14.5. The van der Waals surface area contributed by atoms with Crippen molar-refractivity contribution in [3.8, 4) is 5.69 Å². The minimum absolute atomic E-state index is 0. The molecule has 1 N–H and O–H groups in total. The minimum atomic E-state index is -5.42. The van der Waals surface area contributed by atoms with Crippen molar-refractivity contribution in [2.24, 2.45) is 0 Å². The first kappa shape index (κ1) is 25.2. The van der Waals surface area contributed by atoms with Crippen molar-refractivity contribution in [1.82, 2.24) is 9.78 Å². The van der Waals surface area contributed by atoms with Crippen LogP contribution in [0.25, 0.3) is 27.6 Å². The molecule has 0 aliphatic heterocycles. The van der Waals surface area contributed by atoms with Gasteiger partial charge in [-0.1, -0.05) is 23.6 Å². The third kappa shape index (κ3) is 5.57. The van der Waals surface area contributed by atoms with Crippen molar-refractivity contribution in [2.75, 3.05) is 0 Å². The number of rotatable bonds is 2. The molecule has 171 valence electrons. The number of hydrogen-bond acceptors (Lipinski definition) is 4. The molecule has 0 spiro atoms. The summed E-state index contributed by atoms with van der Waals surface area (Å²) in [6.07, 6.45) is -8.05. The Labute approximate surface area is 189 Å². The molecule has 2 heterocycles. The summed E-state index contributed by atoms with van der Waals surface area (Å²) in [5, 5.41) is 14.4. The fraction of sp³-hybridized carbons (Fsp3) is 0.100. The van der Waals surface area contributed by atoms with Gasteiger partial charge in [0.25, 0.3) is 5.78 Å². The smallest absolute Gasteiger partial charge is 0.454 e. The number of carbonyl (C=O) groups excluding carboxylic acids is 1. The number of nitrogens with zero attached hydrogens (tertiary/aromatic N) is 2. The summed E-state index contributed by atoms with van der Waals surface area (Å²) in [6.45, 7) is 0. The summed E-state index contributed by atoms with van der Waals surface area (Å²) in [4.78, 5) is 9.86. The Balaban J connectivity index is 0.000000234. The van der Waals surface area contributed by atoms with Crippen molar-refractivity contribution in [3.63, 3.8) is 0 Å². The number of aliphatic hydroxyl groups is 1. The fourth-order valence-corrected chi connectivity index (χ4v) is 2.54. The number of para-hydroxylation sites is 1. The third-order valence-electron chi connectivity index (χ3n) is 3.89. The number of benzene rings is 2. The zero-order valence-corrected chi connectivity index (χ0v) is 17.9. The van der Waals surface area contributed by atoms with Gasteiger partial charge in [0, 0.05) is 49.5 Å². The topological polar surface area (TPSA) is 68.3 Å². The van der Waals surface area contributed by atoms with Crippen molar-refractivity contribution in [2.45, 2.75) is 12.4 Å². The van der Waals surface area contributed by atoms with Gasteiger partial charge in [0.15, 0.2) is 0 Å². The van der Waals surface area contributed by atoms with E-state index in [1.54, 1.807) is 10.9 Å². The van der Waals surface area contributed by atoms with Crippen LogP contribution in [-0.4, -0.2) is 33.0 Å². The molecule has 2 aromatic heterocycles. The van der Waals surface area contributed by atoms with Crippen molar-refractivity contribution < 1.29 is 60.8 Å². The predicted molar refractivity (Wildman–Crippen MR) is 97.5 cm³/mol. The van der Waals surface area contributed by atoms with E-state index >= 15 is 0 Å². The zero-order valence-electron chi connectivity index (χ0n) is 15.5. The molecule has 5 nitrogen and oxygen atoms in total. The number of fused-ring (bicyclic) bond motifs is 3. The van der Waals surface area contributed by atoms with Gasteiger partial charge in [-0.15, -0.1) is 0 Å². The van der Waals surface area contributed by atoms with Gasteiger partial charge in [-0.05, 0) is 17.8 Å². The van der Waals surface area contributed by atoms with Gasteiger partial charge in [-0.3, -0.25) is 9.48 Å². The van der Waals surface area contributed by atoms with E-state index < -0.39 is 30.0 Å². The van der Waals surface area contributed by atoms with Crippen LogP contribution >= 0.6 is 0 Å². The third-order valence-corrected chi connectivity index (χ3v) is 3.89. The van der Waals surface area contributed by atoms with Gasteiger partial charge in [0.2, 0.25) is 5.76 Å². The first-order valence-corrected chi connectivity index (χ1v) is 8.39. The second-order valence-electron chi connectivity index (χ2n) is 6.01. The van der Waals surface area contributed by atoms with Crippen LogP contribution < -0.4 is 0 Å². The molecular weight excluding hydrogens is 622 g/mol. The minimum Gasteiger partial charge on any atom is -0.513 e. The van der Waals surface area contributed by atoms with E-state index in [1.807, 2.05) is 42.6 Å². The fourth-order valence-electron chi connectivity index (χ4n) is 2.54. The van der Waals surface area contributed by atoms with E-state index in [1.165, 1.54) is 0 Å². The van der Waals surface area contributed by atoms with Gasteiger partial charge in [-0.2, -0.15) is 49.6 Å². The van der Waals surface area contributed by atoms with Gasteiger partial charge < -0.3 is 9.52 Å². The standard InChI is InChI=1S/C15H9N2O.C5H2F6O2.Ir/c1-2-8-14-11(5-1)12-6-3-7-13(15(12)18-14)17-10-4-9-16-17;6-4(7,8)2(12)1-3(13)5(9,10)11;/h1-6,8-10H;1,12H;/q-1;;/b;2-1-;. The maximum atomic E-state index is 11.4. The predicted octanol–water partition coefficient (Wildman–Crippen LogP) is 5.69. The number of aliphatic hydroxyl groups excluding tert-OH is 1. The van der Waals surface area contributed by atoms with Crippen LogP contribution in [-0.2, 0) is 24.9 Å². The number of carbonyl (C=O) groups is 1. The molecule has 0 saturated carbocycles. The molecule has 0 amide bonds. The molecule has 2 aromatic carbocycles. The van der Waals surface area contributed by atoms with Crippen molar-refractivity contribution in [1.29, 1.82) is 0 Å². The van der Waals surface area contributed by atoms with Gasteiger partial charge in [-0.25, -0.2) is 0 Å². The molecule has 0 unspecified atom stereocenters. The summed E-state index contributed by atoms with van der Waals surface area (Å²) in [7, 11) is 0. The van der Waals surface area contributed by atoms with Crippen LogP contribution in [0.15, 0.2) is 71.1 Å². The average molecular weight is 634 g/mol. The molecule has 4 aromatic rings. The Morgan fingerprint density at radius 3 is 2.31 bits per heavy atom. The number of allylic oxidation sites excluding steroid dienone is 2. The van der Waals surface area contributed by atoms with Gasteiger partial charge >= 0.3 is 12.4 Å². The normalized spacial score (nSPS) is 12.2. The average Bonchev–Trinajstić information content (AvgIpc) is 3.34. The Bertz CT molecular complexity index is 1240. The van der Waals surface area contributed by atoms with Gasteiger partial charge in [0.05, 0.1) is 0 Å². The molecular formula is C20H11F6IrN2O3-. The van der Waals surface area contributed by atoms with Crippen LogP contribution in [0.3, 0.4) is 0 Å². The largest absolute Gasteiger partial charge is 0.513 e. The monoisotopic (exact) mass is 634 g/mol. The second-order valence-corrected chi connectivity index (χ2v) is 6.01. The molecule has 12 heteroatoms. The Kier molecular flexibility index (Phi) is 7.53. The molecule has 4 rings (SSSR count). The Hall–Kier alpha value is -3.11. The second kappa shape index (κ2) is 9.58. The summed E-state index contributed by atoms with van der Waals surface area (Å²) in [6, 6.07) is 17.0. The summed E-state index contributed by atoms with van der Waals surface area (Å²) in [5.74, 6) is -5.34. The van der Waals surface area contributed by atoms with Crippen molar-refractivity contribution in [3.05, 3.63) is 72.8 Å². The van der Waals surface area contributed by atoms with Crippen LogP contribution in [0.2, 0.25) is 0 Å². The molecule has 0 bridgehead atoms. The number of alkyl halides is 6. The van der Waals surface area contributed by atoms with E-state index in [9.17, 15) is 31.1 Å². The van der Waals surface area contributed by atoms with E-state index in [-0.39, 0.29) is 20.1 Å². The molecule has 0 atom stereocenters. The molecule has 1 radical (unpaired) electrons. The quantitative estimate of drug-likeness (QED) is 0.133. The summed E-state index contributed by atoms with van der Waals surface area (Å²) < 4.78 is 75.7.